The van der Waals surface area contributed by atoms with Crippen LogP contribution in [0.15, 0.2) is 18.2 Å². The van der Waals surface area contributed by atoms with E-state index in [0.717, 1.165) is 11.3 Å². The maximum atomic E-state index is 11.1. The van der Waals surface area contributed by atoms with Crippen LogP contribution >= 0.6 is 34.5 Å². The summed E-state index contributed by atoms with van der Waals surface area (Å²) >= 11 is 13.1. The van der Waals surface area contributed by atoms with E-state index >= 15 is 0 Å². The average Bonchev–Trinajstić information content (AvgIpc) is 2.76. The molecular formula is C12H9Cl2NO2S. The van der Waals surface area contributed by atoms with Gasteiger partial charge in [-0.05, 0) is 24.6 Å². The summed E-state index contributed by atoms with van der Waals surface area (Å²) < 4.78 is 0. The molecule has 0 bridgehead atoms. The molecule has 6 heteroatoms. The highest BCUT2D eigenvalue weighted by molar-refractivity contribution is 7.17. The minimum atomic E-state index is -0.964. The third-order valence-electron chi connectivity index (χ3n) is 2.39. The molecule has 0 spiro atoms. The van der Waals surface area contributed by atoms with Gasteiger partial charge in [-0.1, -0.05) is 30.1 Å². The summed E-state index contributed by atoms with van der Waals surface area (Å²) in [6, 6.07) is 5.04. The predicted octanol–water partition coefficient (Wildman–Crippen LogP) is 4.38. The lowest BCUT2D eigenvalue weighted by atomic mass is 10.2. The van der Waals surface area contributed by atoms with Gasteiger partial charge in [0.1, 0.15) is 9.88 Å². The smallest absolute Gasteiger partial charge is 0.347 e. The maximum absolute atomic E-state index is 11.1. The molecular weight excluding hydrogens is 293 g/mol. The normalized spacial score (nSPS) is 10.6. The van der Waals surface area contributed by atoms with Crippen LogP contribution in [0, 0.1) is 0 Å². The van der Waals surface area contributed by atoms with E-state index in [9.17, 15) is 4.79 Å². The SMILES string of the molecule is CCc1nc(-c2cc(Cl)ccc2Cl)sc1C(=O)O. The second kappa shape index (κ2) is 5.26. The van der Waals surface area contributed by atoms with Crippen molar-refractivity contribution < 1.29 is 9.90 Å². The molecule has 2 rings (SSSR count). The first-order valence-corrected chi connectivity index (χ1v) is 6.78. The minimum Gasteiger partial charge on any atom is -0.477 e. The molecule has 2 aromatic rings. The van der Waals surface area contributed by atoms with E-state index in [4.69, 9.17) is 28.3 Å². The number of halogens is 2. The molecule has 1 N–H and O–H groups in total. The van der Waals surface area contributed by atoms with Crippen molar-refractivity contribution in [3.63, 3.8) is 0 Å². The van der Waals surface area contributed by atoms with Gasteiger partial charge in [-0.25, -0.2) is 9.78 Å². The van der Waals surface area contributed by atoms with Crippen LogP contribution in [0.5, 0.6) is 0 Å². The van der Waals surface area contributed by atoms with Crippen molar-refractivity contribution in [2.75, 3.05) is 0 Å². The highest BCUT2D eigenvalue weighted by Gasteiger charge is 2.18. The third kappa shape index (κ3) is 2.51. The molecule has 0 aliphatic heterocycles. The van der Waals surface area contributed by atoms with Gasteiger partial charge in [-0.2, -0.15) is 0 Å². The Morgan fingerprint density at radius 1 is 1.44 bits per heavy atom. The Balaban J connectivity index is 2.57. The van der Waals surface area contributed by atoms with Gasteiger partial charge in [0.15, 0.2) is 0 Å². The standard InChI is InChI=1S/C12H9Cl2NO2S/c1-2-9-10(12(16)17)18-11(15-9)7-5-6(13)3-4-8(7)14/h3-5H,2H2,1H3,(H,16,17). The summed E-state index contributed by atoms with van der Waals surface area (Å²) in [7, 11) is 0. The number of aromatic nitrogens is 1. The van der Waals surface area contributed by atoms with Gasteiger partial charge in [0.25, 0.3) is 0 Å². The summed E-state index contributed by atoms with van der Waals surface area (Å²) in [4.78, 5) is 15.7. The number of hydrogen-bond donors (Lipinski definition) is 1. The molecule has 18 heavy (non-hydrogen) atoms. The molecule has 0 atom stereocenters. The molecule has 0 aliphatic carbocycles. The second-order valence-corrected chi connectivity index (χ2v) is 5.42. The first kappa shape index (κ1) is 13.3. The summed E-state index contributed by atoms with van der Waals surface area (Å²) in [6.07, 6.45) is 0.566. The number of carboxylic acids is 1. The Hall–Kier alpha value is -1.10. The van der Waals surface area contributed by atoms with Crippen molar-refractivity contribution >= 4 is 40.5 Å². The minimum absolute atomic E-state index is 0.253. The van der Waals surface area contributed by atoms with E-state index in [0.29, 0.717) is 32.7 Å². The van der Waals surface area contributed by atoms with Crippen LogP contribution in [0.3, 0.4) is 0 Å². The van der Waals surface area contributed by atoms with Crippen LogP contribution in [0.25, 0.3) is 10.6 Å². The van der Waals surface area contributed by atoms with E-state index in [1.165, 1.54) is 0 Å². The number of aryl methyl sites for hydroxylation is 1. The Kier molecular flexibility index (Phi) is 3.90. The number of hydrogen-bond acceptors (Lipinski definition) is 3. The maximum Gasteiger partial charge on any atom is 0.347 e. The quantitative estimate of drug-likeness (QED) is 0.915. The summed E-state index contributed by atoms with van der Waals surface area (Å²) in [5.74, 6) is -0.964. The fourth-order valence-corrected chi connectivity index (χ4v) is 2.99. The zero-order chi connectivity index (χ0) is 13.3. The van der Waals surface area contributed by atoms with E-state index in [1.54, 1.807) is 18.2 Å². The van der Waals surface area contributed by atoms with E-state index in [2.05, 4.69) is 4.98 Å². The first-order valence-electron chi connectivity index (χ1n) is 5.21. The monoisotopic (exact) mass is 301 g/mol. The molecule has 0 aliphatic rings. The van der Waals surface area contributed by atoms with Crippen LogP contribution in [0.1, 0.15) is 22.3 Å². The topological polar surface area (TPSA) is 50.2 Å². The van der Waals surface area contributed by atoms with Crippen molar-refractivity contribution in [3.8, 4) is 10.6 Å². The fraction of sp³-hybridized carbons (Fsp3) is 0.167. The molecule has 1 aromatic heterocycles. The van der Waals surface area contributed by atoms with Gasteiger partial charge in [0.2, 0.25) is 0 Å². The molecule has 0 radical (unpaired) electrons. The van der Waals surface area contributed by atoms with Crippen LogP contribution in [0.2, 0.25) is 10.0 Å². The van der Waals surface area contributed by atoms with Crippen molar-refractivity contribution in [2.24, 2.45) is 0 Å². The molecule has 3 nitrogen and oxygen atoms in total. The molecule has 0 fully saturated rings. The zero-order valence-corrected chi connectivity index (χ0v) is 11.7. The van der Waals surface area contributed by atoms with Crippen LogP contribution in [-0.2, 0) is 6.42 Å². The molecule has 1 heterocycles. The number of nitrogens with zero attached hydrogens (tertiary/aromatic N) is 1. The summed E-state index contributed by atoms with van der Waals surface area (Å²) in [6.45, 7) is 1.87. The predicted molar refractivity (Wildman–Crippen MR) is 73.9 cm³/mol. The number of thiazole rings is 1. The first-order chi connectivity index (χ1) is 8.52. The van der Waals surface area contributed by atoms with Gasteiger partial charge in [-0.3, -0.25) is 0 Å². The van der Waals surface area contributed by atoms with E-state index < -0.39 is 5.97 Å². The Morgan fingerprint density at radius 3 is 2.72 bits per heavy atom. The van der Waals surface area contributed by atoms with E-state index in [1.807, 2.05) is 6.92 Å². The Bertz CT molecular complexity index is 610. The summed E-state index contributed by atoms with van der Waals surface area (Å²) in [5, 5.41) is 10.7. The number of carboxylic acid groups (broad SMARTS) is 1. The Morgan fingerprint density at radius 2 is 2.17 bits per heavy atom. The number of rotatable bonds is 3. The fourth-order valence-electron chi connectivity index (χ4n) is 1.54. The van der Waals surface area contributed by atoms with Crippen LogP contribution in [0.4, 0.5) is 0 Å². The van der Waals surface area contributed by atoms with Crippen molar-refractivity contribution in [1.82, 2.24) is 4.98 Å². The van der Waals surface area contributed by atoms with Crippen molar-refractivity contribution in [3.05, 3.63) is 38.8 Å². The van der Waals surface area contributed by atoms with Gasteiger partial charge in [-0.15, -0.1) is 11.3 Å². The molecule has 94 valence electrons. The lowest BCUT2D eigenvalue weighted by molar-refractivity contribution is 0.0701. The number of aromatic carboxylic acids is 1. The lowest BCUT2D eigenvalue weighted by Gasteiger charge is -2.00. The van der Waals surface area contributed by atoms with Gasteiger partial charge in [0.05, 0.1) is 10.7 Å². The average molecular weight is 302 g/mol. The van der Waals surface area contributed by atoms with Crippen LogP contribution in [-0.4, -0.2) is 16.1 Å². The highest BCUT2D eigenvalue weighted by atomic mass is 35.5. The summed E-state index contributed by atoms with van der Waals surface area (Å²) in [5.41, 5.74) is 1.23. The van der Waals surface area contributed by atoms with Gasteiger partial charge >= 0.3 is 5.97 Å². The molecule has 0 amide bonds. The third-order valence-corrected chi connectivity index (χ3v) is 4.07. The highest BCUT2D eigenvalue weighted by Crippen LogP contribution is 2.34. The second-order valence-electron chi connectivity index (χ2n) is 3.58. The number of benzene rings is 1. The molecule has 1 aromatic carbocycles. The van der Waals surface area contributed by atoms with Crippen molar-refractivity contribution in [2.45, 2.75) is 13.3 Å². The van der Waals surface area contributed by atoms with Gasteiger partial charge < -0.3 is 5.11 Å². The number of carbonyl (C=O) groups is 1. The molecule has 0 saturated carbocycles. The van der Waals surface area contributed by atoms with E-state index in [-0.39, 0.29) is 4.88 Å². The molecule has 0 unspecified atom stereocenters. The molecule has 0 saturated heterocycles. The van der Waals surface area contributed by atoms with Gasteiger partial charge in [0, 0.05) is 10.6 Å². The lowest BCUT2D eigenvalue weighted by Crippen LogP contribution is -1.97. The zero-order valence-electron chi connectivity index (χ0n) is 9.41. The Labute approximate surface area is 118 Å². The largest absolute Gasteiger partial charge is 0.477 e. The van der Waals surface area contributed by atoms with Crippen LogP contribution < -0.4 is 0 Å². The van der Waals surface area contributed by atoms with Crippen molar-refractivity contribution in [1.29, 1.82) is 0 Å².